The molecule has 1 aliphatic rings. The molecule has 0 aromatic rings. The van der Waals surface area contributed by atoms with E-state index in [0.29, 0.717) is 0 Å². The van der Waals surface area contributed by atoms with E-state index in [1.807, 2.05) is 26.0 Å². The van der Waals surface area contributed by atoms with Gasteiger partial charge in [-0.15, -0.1) is 0 Å². The second-order valence-electron chi connectivity index (χ2n) is 3.20. The van der Waals surface area contributed by atoms with Crippen LogP contribution in [0.1, 0.15) is 20.3 Å². The predicted molar refractivity (Wildman–Crippen MR) is 72.3 cm³/mol. The largest absolute Gasteiger partial charge is 0.460 e. The van der Waals surface area contributed by atoms with E-state index in [9.17, 15) is 4.79 Å². The lowest BCUT2D eigenvalue weighted by atomic mass is 10.2. The number of allylic oxidation sites excluding steroid dienone is 4. The van der Waals surface area contributed by atoms with E-state index in [1.54, 1.807) is 6.08 Å². The minimum Gasteiger partial charge on any atom is -0.460 e. The van der Waals surface area contributed by atoms with Crippen LogP contribution in [0.5, 0.6) is 0 Å². The fourth-order valence-corrected chi connectivity index (χ4v) is 2.40. The van der Waals surface area contributed by atoms with Crippen LogP contribution in [0.3, 0.4) is 0 Å². The maximum atomic E-state index is 11.3. The lowest BCUT2D eigenvalue weighted by molar-refractivity contribution is -0.142. The van der Waals surface area contributed by atoms with E-state index in [1.165, 1.54) is 6.08 Å². The van der Waals surface area contributed by atoms with Gasteiger partial charge in [-0.1, -0.05) is 27.7 Å². The van der Waals surface area contributed by atoms with Gasteiger partial charge in [0, 0.05) is 6.08 Å². The van der Waals surface area contributed by atoms with Crippen molar-refractivity contribution in [1.29, 1.82) is 0 Å². The number of hydrogen-bond donors (Lipinski definition) is 0. The second kappa shape index (κ2) is 6.71. The molecular formula is C12H15IO2. The fourth-order valence-electron chi connectivity index (χ4n) is 0.912. The van der Waals surface area contributed by atoms with Crippen LogP contribution < -0.4 is 0 Å². The molecule has 0 N–H and O–H groups in total. The van der Waals surface area contributed by atoms with Crippen molar-refractivity contribution in [1.82, 2.24) is 0 Å². The van der Waals surface area contributed by atoms with Gasteiger partial charge in [0.15, 0.2) is 0 Å². The summed E-state index contributed by atoms with van der Waals surface area (Å²) in [6, 6.07) is 0. The van der Waals surface area contributed by atoms with Gasteiger partial charge in [0.2, 0.25) is 0 Å². The molecule has 0 aliphatic carbocycles. The van der Waals surface area contributed by atoms with Crippen molar-refractivity contribution in [3.05, 3.63) is 34.0 Å². The first-order valence-corrected chi connectivity index (χ1v) is 7.42. The molecule has 1 aliphatic heterocycles. The number of esters is 1. The quantitative estimate of drug-likeness (QED) is 0.452. The Morgan fingerprint density at radius 2 is 2.47 bits per heavy atom. The van der Waals surface area contributed by atoms with Crippen molar-refractivity contribution < 1.29 is 9.53 Å². The summed E-state index contributed by atoms with van der Waals surface area (Å²) in [7, 11) is 0. The highest BCUT2D eigenvalue weighted by Crippen LogP contribution is 2.10. The zero-order valence-corrected chi connectivity index (χ0v) is 11.1. The van der Waals surface area contributed by atoms with Crippen molar-refractivity contribution in [2.24, 2.45) is 0 Å². The molecule has 2 nitrogen and oxygen atoms in total. The molecular weight excluding hydrogens is 303 g/mol. The Kier molecular flexibility index (Phi) is 5.53. The van der Waals surface area contributed by atoms with Gasteiger partial charge in [-0.25, -0.2) is 4.79 Å². The summed E-state index contributed by atoms with van der Waals surface area (Å²) >= 11 is 0.111. The van der Waals surface area contributed by atoms with Crippen molar-refractivity contribution >= 4 is 30.7 Å². The molecule has 0 fully saturated rings. The van der Waals surface area contributed by atoms with Crippen LogP contribution in [0.2, 0.25) is 0 Å². The van der Waals surface area contributed by atoms with Gasteiger partial charge < -0.3 is 4.74 Å². The van der Waals surface area contributed by atoms with E-state index in [-0.39, 0.29) is 32.8 Å². The zero-order chi connectivity index (χ0) is 11.1. The first-order valence-electron chi connectivity index (χ1n) is 4.93. The SMILES string of the molecule is CCC(C)OC(=O)/C=C/C1=CC=IC=C1. The van der Waals surface area contributed by atoms with Gasteiger partial charge >= 0.3 is 5.97 Å². The third-order valence-electron chi connectivity index (χ3n) is 1.96. The van der Waals surface area contributed by atoms with Gasteiger partial charge in [-0.3, -0.25) is 0 Å². The highest BCUT2D eigenvalue weighted by molar-refractivity contribution is 14.2. The standard InChI is InChI=1S/C12H15IO2/c1-3-10(2)15-12(14)5-4-11-6-8-13-9-7-11/h4-10H,3H2,1-2H3/b5-4+. The molecule has 1 atom stereocenters. The highest BCUT2D eigenvalue weighted by Gasteiger charge is 2.03. The highest BCUT2D eigenvalue weighted by atomic mass is 127. The van der Waals surface area contributed by atoms with Gasteiger partial charge in [0.1, 0.15) is 0 Å². The third-order valence-corrected chi connectivity index (χ3v) is 3.51. The van der Waals surface area contributed by atoms with Crippen LogP contribution in [-0.2, 0) is 9.53 Å². The van der Waals surface area contributed by atoms with Gasteiger partial charge in [-0.2, -0.15) is 0 Å². The van der Waals surface area contributed by atoms with Crippen LogP contribution in [0.25, 0.3) is 0 Å². The summed E-state index contributed by atoms with van der Waals surface area (Å²) in [5.74, 6) is -0.265. The van der Waals surface area contributed by atoms with Crippen molar-refractivity contribution in [3.8, 4) is 0 Å². The summed E-state index contributed by atoms with van der Waals surface area (Å²) < 4.78 is 9.44. The Morgan fingerprint density at radius 3 is 3.07 bits per heavy atom. The maximum absolute atomic E-state index is 11.3. The van der Waals surface area contributed by atoms with E-state index < -0.39 is 0 Å². The molecule has 82 valence electrons. The summed E-state index contributed by atoms with van der Waals surface area (Å²) in [4.78, 5) is 11.3. The van der Waals surface area contributed by atoms with Crippen LogP contribution in [0.4, 0.5) is 0 Å². The molecule has 0 radical (unpaired) electrons. The number of ether oxygens (including phenoxy) is 1. The topological polar surface area (TPSA) is 26.3 Å². The minimum atomic E-state index is -0.265. The van der Waals surface area contributed by atoms with Crippen molar-refractivity contribution in [3.63, 3.8) is 0 Å². The third kappa shape index (κ3) is 5.06. The molecule has 0 saturated heterocycles. The van der Waals surface area contributed by atoms with Gasteiger partial charge in [-0.05, 0) is 45.2 Å². The maximum Gasteiger partial charge on any atom is 0.331 e. The number of hydrogen-bond acceptors (Lipinski definition) is 2. The molecule has 0 bridgehead atoms. The van der Waals surface area contributed by atoms with Gasteiger partial charge in [0.25, 0.3) is 0 Å². The Labute approximate surface area is 100 Å². The second-order valence-corrected chi connectivity index (χ2v) is 5.36. The summed E-state index contributed by atoms with van der Waals surface area (Å²) in [5.41, 5.74) is 1.06. The van der Waals surface area contributed by atoms with Crippen LogP contribution in [0.15, 0.2) is 34.0 Å². The fraction of sp³-hybridized carbons (Fsp3) is 0.333. The molecule has 1 unspecified atom stereocenters. The number of rotatable bonds is 4. The average Bonchev–Trinajstić information content (AvgIpc) is 2.27. The molecule has 0 aromatic heterocycles. The normalized spacial score (nSPS) is 17.1. The van der Waals surface area contributed by atoms with E-state index in [2.05, 4.69) is 8.09 Å². The molecule has 15 heavy (non-hydrogen) atoms. The molecule has 1 rings (SSSR count). The first kappa shape index (κ1) is 12.4. The van der Waals surface area contributed by atoms with E-state index in [4.69, 9.17) is 4.74 Å². The number of halogens is 1. The Hall–Kier alpha value is -0.710. The summed E-state index contributed by atoms with van der Waals surface area (Å²) in [6.45, 7) is 3.89. The van der Waals surface area contributed by atoms with Crippen LogP contribution in [0, 0.1) is 0 Å². The Balaban J connectivity index is 2.44. The molecule has 3 heteroatoms. The Morgan fingerprint density at radius 1 is 1.67 bits per heavy atom. The first-order chi connectivity index (χ1) is 7.22. The predicted octanol–water partition coefficient (Wildman–Crippen LogP) is 3.11. The zero-order valence-electron chi connectivity index (χ0n) is 8.94. The average molecular weight is 318 g/mol. The van der Waals surface area contributed by atoms with Crippen molar-refractivity contribution in [2.75, 3.05) is 0 Å². The lowest BCUT2D eigenvalue weighted by Crippen LogP contribution is -2.11. The lowest BCUT2D eigenvalue weighted by Gasteiger charge is -2.07. The van der Waals surface area contributed by atoms with Crippen LogP contribution >= 0.6 is 20.7 Å². The minimum absolute atomic E-state index is 0.00421. The molecule has 0 amide bonds. The van der Waals surface area contributed by atoms with E-state index in [0.717, 1.165) is 12.0 Å². The smallest absolute Gasteiger partial charge is 0.331 e. The molecule has 0 spiro atoms. The molecule has 1 heterocycles. The monoisotopic (exact) mass is 318 g/mol. The summed E-state index contributed by atoms with van der Waals surface area (Å²) in [6.07, 6.45) is 8.21. The van der Waals surface area contributed by atoms with E-state index >= 15 is 0 Å². The number of carbonyl (C=O) groups is 1. The number of carbonyl (C=O) groups excluding carboxylic acids is 1. The van der Waals surface area contributed by atoms with Gasteiger partial charge in [0.05, 0.1) is 6.10 Å². The summed E-state index contributed by atoms with van der Waals surface area (Å²) in [5, 5.41) is 0. The Bertz CT molecular complexity index is 338. The van der Waals surface area contributed by atoms with Crippen LogP contribution in [-0.4, -0.2) is 16.1 Å². The molecule has 0 saturated carbocycles. The van der Waals surface area contributed by atoms with Crippen molar-refractivity contribution in [2.45, 2.75) is 26.4 Å². The molecule has 0 aromatic carbocycles.